The van der Waals surface area contributed by atoms with Gasteiger partial charge in [-0.05, 0) is 30.4 Å². The molecule has 152 valence electrons. The second-order valence-electron chi connectivity index (χ2n) is 6.91. The third kappa shape index (κ3) is 5.51. The fraction of sp³-hybridized carbons (Fsp3) is 0.348. The summed E-state index contributed by atoms with van der Waals surface area (Å²) in [7, 11) is 0. The van der Waals surface area contributed by atoms with Gasteiger partial charge in [-0.2, -0.15) is 0 Å². The van der Waals surface area contributed by atoms with E-state index in [4.69, 9.17) is 4.74 Å². The van der Waals surface area contributed by atoms with Crippen molar-refractivity contribution in [2.75, 3.05) is 11.9 Å². The Morgan fingerprint density at radius 3 is 2.86 bits per heavy atom. The molecule has 2 aromatic heterocycles. The van der Waals surface area contributed by atoms with Gasteiger partial charge in [-0.25, -0.2) is 9.97 Å². The summed E-state index contributed by atoms with van der Waals surface area (Å²) < 4.78 is 6.07. The molecule has 29 heavy (non-hydrogen) atoms. The predicted octanol–water partition coefficient (Wildman–Crippen LogP) is 4.60. The molecule has 0 amide bonds. The van der Waals surface area contributed by atoms with E-state index in [0.29, 0.717) is 30.4 Å². The first kappa shape index (κ1) is 20.7. The van der Waals surface area contributed by atoms with E-state index in [2.05, 4.69) is 39.8 Å². The number of rotatable bonds is 11. The van der Waals surface area contributed by atoms with Gasteiger partial charge in [0, 0.05) is 24.2 Å². The molecule has 1 aromatic carbocycles. The van der Waals surface area contributed by atoms with Crippen LogP contribution in [0.1, 0.15) is 44.1 Å². The Balaban J connectivity index is 1.81. The highest BCUT2D eigenvalue weighted by Gasteiger charge is 2.14. The molecule has 0 radical (unpaired) electrons. The molecule has 3 aromatic rings. The van der Waals surface area contributed by atoms with E-state index < -0.39 is 0 Å². The van der Waals surface area contributed by atoms with Crippen LogP contribution in [0.3, 0.4) is 0 Å². The van der Waals surface area contributed by atoms with Crippen molar-refractivity contribution in [3.05, 3.63) is 60.8 Å². The van der Waals surface area contributed by atoms with Gasteiger partial charge in [-0.15, -0.1) is 0 Å². The molecular weight excluding hydrogens is 364 g/mol. The number of hydrogen-bond acceptors (Lipinski definition) is 6. The largest absolute Gasteiger partial charge is 0.482 e. The fourth-order valence-electron chi connectivity index (χ4n) is 3.22. The van der Waals surface area contributed by atoms with E-state index in [9.17, 15) is 5.11 Å². The number of nitrogens with zero attached hydrogens (tertiary/aromatic N) is 3. The van der Waals surface area contributed by atoms with Crippen LogP contribution in [0.4, 0.5) is 5.82 Å². The van der Waals surface area contributed by atoms with E-state index in [1.165, 1.54) is 0 Å². The maximum absolute atomic E-state index is 9.41. The standard InChI is InChI=1S/C23H28N4O2/c1-3-5-9-18(12-14-28)26-23-21(15-25-22(4-2)27-23)29-16-20-19-10-7-6-8-17(19)11-13-24-20/h4,6-8,10-11,13,15,18,28H,2-3,5,9,12,14,16H2,1H3,(H,25,26,27)/t18-/m0/s1. The zero-order chi connectivity index (χ0) is 20.5. The van der Waals surface area contributed by atoms with Crippen molar-refractivity contribution in [2.24, 2.45) is 0 Å². The summed E-state index contributed by atoms with van der Waals surface area (Å²) >= 11 is 0. The number of unbranched alkanes of at least 4 members (excludes halogenated alkanes) is 1. The fourth-order valence-corrected chi connectivity index (χ4v) is 3.22. The zero-order valence-electron chi connectivity index (χ0n) is 16.8. The molecule has 0 saturated carbocycles. The zero-order valence-corrected chi connectivity index (χ0v) is 16.8. The van der Waals surface area contributed by atoms with Crippen molar-refractivity contribution in [3.63, 3.8) is 0 Å². The summed E-state index contributed by atoms with van der Waals surface area (Å²) in [6, 6.07) is 10.2. The number of fused-ring (bicyclic) bond motifs is 1. The van der Waals surface area contributed by atoms with Gasteiger partial charge in [0.2, 0.25) is 0 Å². The highest BCUT2D eigenvalue weighted by Crippen LogP contribution is 2.26. The number of nitrogens with one attached hydrogen (secondary N) is 1. The molecule has 2 N–H and O–H groups in total. The van der Waals surface area contributed by atoms with Crippen molar-refractivity contribution >= 4 is 22.7 Å². The van der Waals surface area contributed by atoms with Crippen LogP contribution < -0.4 is 10.1 Å². The Hall–Kier alpha value is -2.99. The van der Waals surface area contributed by atoms with Crippen molar-refractivity contribution in [2.45, 2.75) is 45.3 Å². The van der Waals surface area contributed by atoms with Crippen LogP contribution in [0.15, 0.2) is 49.3 Å². The molecule has 0 bridgehead atoms. The van der Waals surface area contributed by atoms with Gasteiger partial charge in [0.1, 0.15) is 6.61 Å². The molecule has 1 atom stereocenters. The van der Waals surface area contributed by atoms with E-state index in [1.807, 2.05) is 24.3 Å². The van der Waals surface area contributed by atoms with E-state index in [-0.39, 0.29) is 12.6 Å². The quantitative estimate of drug-likeness (QED) is 0.496. The summed E-state index contributed by atoms with van der Waals surface area (Å²) in [4.78, 5) is 13.3. The average molecular weight is 393 g/mol. The Labute approximate surface area is 171 Å². The van der Waals surface area contributed by atoms with Gasteiger partial charge in [0.15, 0.2) is 17.4 Å². The maximum Gasteiger partial charge on any atom is 0.180 e. The SMILES string of the molecule is C=Cc1ncc(OCc2nccc3ccccc23)c(N[C@H](CCO)CCCC)n1. The number of aliphatic hydroxyl groups excluding tert-OH is 1. The van der Waals surface area contributed by atoms with Gasteiger partial charge < -0.3 is 15.2 Å². The first-order valence-corrected chi connectivity index (χ1v) is 10.1. The van der Waals surface area contributed by atoms with Crippen LogP contribution in [0.5, 0.6) is 5.75 Å². The monoisotopic (exact) mass is 392 g/mol. The highest BCUT2D eigenvalue weighted by molar-refractivity contribution is 5.84. The van der Waals surface area contributed by atoms with Gasteiger partial charge >= 0.3 is 0 Å². The van der Waals surface area contributed by atoms with Gasteiger partial charge in [0.25, 0.3) is 0 Å². The van der Waals surface area contributed by atoms with E-state index >= 15 is 0 Å². The number of pyridine rings is 1. The lowest BCUT2D eigenvalue weighted by atomic mass is 10.1. The lowest BCUT2D eigenvalue weighted by Gasteiger charge is -2.20. The third-order valence-corrected chi connectivity index (χ3v) is 4.80. The van der Waals surface area contributed by atoms with Crippen molar-refractivity contribution < 1.29 is 9.84 Å². The molecule has 3 rings (SSSR count). The van der Waals surface area contributed by atoms with E-state index in [1.54, 1.807) is 18.5 Å². The predicted molar refractivity (Wildman–Crippen MR) is 117 cm³/mol. The summed E-state index contributed by atoms with van der Waals surface area (Å²) in [6.45, 7) is 6.34. The summed E-state index contributed by atoms with van der Waals surface area (Å²) in [6.07, 6.45) is 8.84. The van der Waals surface area contributed by atoms with Crippen LogP contribution in [-0.4, -0.2) is 32.7 Å². The molecular formula is C23H28N4O2. The number of ether oxygens (including phenoxy) is 1. The molecule has 0 saturated heterocycles. The highest BCUT2D eigenvalue weighted by atomic mass is 16.5. The molecule has 0 aliphatic rings. The lowest BCUT2D eigenvalue weighted by Crippen LogP contribution is -2.22. The lowest BCUT2D eigenvalue weighted by molar-refractivity contribution is 0.275. The first-order chi connectivity index (χ1) is 14.2. The second kappa shape index (κ2) is 10.5. The Bertz CT molecular complexity index is 940. The van der Waals surface area contributed by atoms with Crippen LogP contribution in [0, 0.1) is 0 Å². The van der Waals surface area contributed by atoms with Gasteiger partial charge in [-0.1, -0.05) is 50.6 Å². The summed E-state index contributed by atoms with van der Waals surface area (Å²) in [5, 5.41) is 15.0. The molecule has 6 heteroatoms. The molecule has 2 heterocycles. The molecule has 0 unspecified atom stereocenters. The normalized spacial score (nSPS) is 11.9. The number of hydrogen-bond donors (Lipinski definition) is 2. The number of benzene rings is 1. The van der Waals surface area contributed by atoms with Crippen LogP contribution in [-0.2, 0) is 6.61 Å². The van der Waals surface area contributed by atoms with Gasteiger partial charge in [-0.3, -0.25) is 4.98 Å². The van der Waals surface area contributed by atoms with Crippen molar-refractivity contribution in [1.29, 1.82) is 0 Å². The maximum atomic E-state index is 9.41. The Morgan fingerprint density at radius 2 is 2.07 bits per heavy atom. The Morgan fingerprint density at radius 1 is 1.21 bits per heavy atom. The number of anilines is 1. The summed E-state index contributed by atoms with van der Waals surface area (Å²) in [5.41, 5.74) is 0.861. The molecule has 0 spiro atoms. The van der Waals surface area contributed by atoms with Crippen LogP contribution >= 0.6 is 0 Å². The van der Waals surface area contributed by atoms with Crippen molar-refractivity contribution in [1.82, 2.24) is 15.0 Å². The van der Waals surface area contributed by atoms with Crippen LogP contribution in [0.25, 0.3) is 16.8 Å². The van der Waals surface area contributed by atoms with E-state index in [0.717, 1.165) is 35.7 Å². The molecule has 6 nitrogen and oxygen atoms in total. The summed E-state index contributed by atoms with van der Waals surface area (Å²) in [5.74, 6) is 1.70. The third-order valence-electron chi connectivity index (χ3n) is 4.80. The molecule has 0 aliphatic carbocycles. The van der Waals surface area contributed by atoms with Gasteiger partial charge in [0.05, 0.1) is 11.9 Å². The average Bonchev–Trinajstić information content (AvgIpc) is 2.76. The van der Waals surface area contributed by atoms with Crippen LogP contribution in [0.2, 0.25) is 0 Å². The minimum atomic E-state index is 0.116. The Kier molecular flexibility index (Phi) is 7.53. The topological polar surface area (TPSA) is 80.2 Å². The minimum absolute atomic E-state index is 0.116. The van der Waals surface area contributed by atoms with Crippen molar-refractivity contribution in [3.8, 4) is 5.75 Å². The second-order valence-corrected chi connectivity index (χ2v) is 6.91. The molecule has 0 aliphatic heterocycles. The molecule has 0 fully saturated rings. The minimum Gasteiger partial charge on any atom is -0.482 e. The first-order valence-electron chi connectivity index (χ1n) is 10.1. The smallest absolute Gasteiger partial charge is 0.180 e. The number of aromatic nitrogens is 3. The number of aliphatic hydroxyl groups is 1.